The molecule has 0 saturated heterocycles. The fourth-order valence-electron chi connectivity index (χ4n) is 2.09. The third-order valence-corrected chi connectivity index (χ3v) is 3.81. The van der Waals surface area contributed by atoms with E-state index in [1.165, 1.54) is 0 Å². The first kappa shape index (κ1) is 11.9. The Labute approximate surface area is 113 Å². The SMILES string of the molecule is C=CCC1=NOS(=O)N1c1cccc2ccccc12. The predicted octanol–water partition coefficient (Wildman–Crippen LogP) is 3.14. The van der Waals surface area contributed by atoms with Crippen LogP contribution in [0, 0.1) is 0 Å². The van der Waals surface area contributed by atoms with Gasteiger partial charge in [0.15, 0.2) is 5.84 Å². The minimum absolute atomic E-state index is 0.509. The van der Waals surface area contributed by atoms with Crippen LogP contribution >= 0.6 is 0 Å². The van der Waals surface area contributed by atoms with Crippen LogP contribution in [-0.4, -0.2) is 10.0 Å². The maximum atomic E-state index is 12.0. The molecule has 1 unspecified atom stereocenters. The number of nitrogens with zero attached hydrogens (tertiary/aromatic N) is 2. The molecule has 1 heterocycles. The summed E-state index contributed by atoms with van der Waals surface area (Å²) in [5, 5.41) is 5.94. The van der Waals surface area contributed by atoms with Crippen LogP contribution in [0.3, 0.4) is 0 Å². The molecule has 2 aromatic rings. The van der Waals surface area contributed by atoms with E-state index in [-0.39, 0.29) is 0 Å². The molecular weight excluding hydrogens is 260 g/mol. The van der Waals surface area contributed by atoms with E-state index >= 15 is 0 Å². The highest BCUT2D eigenvalue weighted by molar-refractivity contribution is 7.83. The van der Waals surface area contributed by atoms with Gasteiger partial charge in [-0.25, -0.2) is 4.31 Å². The molecular formula is C14H12N2O2S. The molecule has 4 nitrogen and oxygen atoms in total. The molecule has 0 saturated carbocycles. The van der Waals surface area contributed by atoms with Crippen LogP contribution < -0.4 is 4.31 Å². The summed E-state index contributed by atoms with van der Waals surface area (Å²) in [5.41, 5.74) is 0.828. The van der Waals surface area contributed by atoms with Crippen molar-refractivity contribution in [3.05, 3.63) is 55.1 Å². The number of anilines is 1. The molecule has 0 radical (unpaired) electrons. The van der Waals surface area contributed by atoms with Crippen molar-refractivity contribution in [1.29, 1.82) is 0 Å². The summed E-state index contributed by atoms with van der Waals surface area (Å²) in [4.78, 5) is 0. The molecule has 1 aliphatic heterocycles. The number of hydrogen-bond donors (Lipinski definition) is 0. The Balaban J connectivity index is 2.15. The molecule has 2 aromatic carbocycles. The summed E-state index contributed by atoms with van der Waals surface area (Å²) in [5.74, 6) is 0.602. The van der Waals surface area contributed by atoms with Crippen molar-refractivity contribution in [1.82, 2.24) is 0 Å². The Kier molecular flexibility index (Phi) is 3.05. The van der Waals surface area contributed by atoms with E-state index in [1.54, 1.807) is 10.4 Å². The molecule has 0 N–H and O–H groups in total. The van der Waals surface area contributed by atoms with Crippen molar-refractivity contribution >= 4 is 33.6 Å². The number of fused-ring (bicyclic) bond motifs is 1. The number of amidine groups is 1. The molecule has 0 fully saturated rings. The second kappa shape index (κ2) is 4.85. The summed E-state index contributed by atoms with van der Waals surface area (Å²) in [6, 6.07) is 13.8. The average Bonchev–Trinajstić information content (AvgIpc) is 2.80. The summed E-state index contributed by atoms with van der Waals surface area (Å²) < 4.78 is 18.4. The minimum Gasteiger partial charge on any atom is -0.269 e. The fourth-order valence-corrected chi connectivity index (χ4v) is 2.90. The lowest BCUT2D eigenvalue weighted by molar-refractivity contribution is 0.385. The van der Waals surface area contributed by atoms with Crippen LogP contribution in [0.2, 0.25) is 0 Å². The lowest BCUT2D eigenvalue weighted by atomic mass is 10.1. The first-order chi connectivity index (χ1) is 9.31. The first-order valence-electron chi connectivity index (χ1n) is 5.86. The normalized spacial score (nSPS) is 18.2. The van der Waals surface area contributed by atoms with Crippen molar-refractivity contribution in [3.63, 3.8) is 0 Å². The Bertz CT molecular complexity index is 691. The van der Waals surface area contributed by atoms with Gasteiger partial charge in [0, 0.05) is 11.8 Å². The van der Waals surface area contributed by atoms with Crippen LogP contribution in [0.25, 0.3) is 10.8 Å². The quantitative estimate of drug-likeness (QED) is 0.805. The Morgan fingerprint density at radius 3 is 2.89 bits per heavy atom. The van der Waals surface area contributed by atoms with Gasteiger partial charge in [-0.2, -0.15) is 4.21 Å². The highest BCUT2D eigenvalue weighted by Gasteiger charge is 2.29. The van der Waals surface area contributed by atoms with E-state index in [9.17, 15) is 4.21 Å². The lowest BCUT2D eigenvalue weighted by Gasteiger charge is -2.16. The second-order valence-electron chi connectivity index (χ2n) is 4.08. The van der Waals surface area contributed by atoms with Crippen LogP contribution in [0.5, 0.6) is 0 Å². The summed E-state index contributed by atoms with van der Waals surface area (Å²) in [6.45, 7) is 3.68. The van der Waals surface area contributed by atoms with E-state index in [0.29, 0.717) is 12.3 Å². The second-order valence-corrected chi connectivity index (χ2v) is 5.03. The van der Waals surface area contributed by atoms with Gasteiger partial charge < -0.3 is 0 Å². The zero-order chi connectivity index (χ0) is 13.2. The van der Waals surface area contributed by atoms with Crippen molar-refractivity contribution in [3.8, 4) is 0 Å². The van der Waals surface area contributed by atoms with Crippen molar-refractivity contribution in [2.45, 2.75) is 6.42 Å². The van der Waals surface area contributed by atoms with E-state index < -0.39 is 11.3 Å². The number of oxime groups is 1. The van der Waals surface area contributed by atoms with Gasteiger partial charge in [0.1, 0.15) is 0 Å². The summed E-state index contributed by atoms with van der Waals surface area (Å²) >= 11 is -1.62. The highest BCUT2D eigenvalue weighted by atomic mass is 32.2. The maximum Gasteiger partial charge on any atom is 0.346 e. The molecule has 0 bridgehead atoms. The van der Waals surface area contributed by atoms with Crippen molar-refractivity contribution in [2.24, 2.45) is 5.16 Å². The standard InChI is InChI=1S/C14H12N2O2S/c1-2-6-14-15-18-19(17)16(14)13-10-5-8-11-7-3-4-9-12(11)13/h2-5,7-10H,1,6H2. The summed E-state index contributed by atoms with van der Waals surface area (Å²) in [7, 11) is 0. The highest BCUT2D eigenvalue weighted by Crippen LogP contribution is 2.30. The van der Waals surface area contributed by atoms with E-state index in [4.69, 9.17) is 4.28 Å². The Morgan fingerprint density at radius 2 is 2.05 bits per heavy atom. The van der Waals surface area contributed by atoms with Gasteiger partial charge in [0.05, 0.1) is 5.69 Å². The molecule has 5 heteroatoms. The van der Waals surface area contributed by atoms with E-state index in [1.807, 2.05) is 42.5 Å². The largest absolute Gasteiger partial charge is 0.346 e. The maximum absolute atomic E-state index is 12.0. The van der Waals surface area contributed by atoms with Gasteiger partial charge >= 0.3 is 11.3 Å². The molecule has 0 spiro atoms. The minimum atomic E-state index is -1.62. The zero-order valence-electron chi connectivity index (χ0n) is 10.2. The fraction of sp³-hybridized carbons (Fsp3) is 0.0714. The Hall–Kier alpha value is -2.14. The van der Waals surface area contributed by atoms with Crippen LogP contribution in [0.1, 0.15) is 6.42 Å². The number of rotatable bonds is 3. The molecule has 19 heavy (non-hydrogen) atoms. The van der Waals surface area contributed by atoms with E-state index in [0.717, 1.165) is 16.5 Å². The predicted molar refractivity (Wildman–Crippen MR) is 77.9 cm³/mol. The molecule has 0 aromatic heterocycles. The molecule has 1 atom stereocenters. The van der Waals surface area contributed by atoms with Crippen LogP contribution in [0.4, 0.5) is 5.69 Å². The summed E-state index contributed by atoms with van der Waals surface area (Å²) in [6.07, 6.45) is 2.22. The van der Waals surface area contributed by atoms with Gasteiger partial charge in [-0.3, -0.25) is 4.28 Å². The zero-order valence-corrected chi connectivity index (χ0v) is 11.0. The molecule has 0 amide bonds. The van der Waals surface area contributed by atoms with Crippen molar-refractivity contribution in [2.75, 3.05) is 4.31 Å². The van der Waals surface area contributed by atoms with Gasteiger partial charge in [-0.15, -0.1) is 6.58 Å². The van der Waals surface area contributed by atoms with E-state index in [2.05, 4.69) is 11.7 Å². The topological polar surface area (TPSA) is 41.9 Å². The van der Waals surface area contributed by atoms with Gasteiger partial charge in [0.2, 0.25) is 0 Å². The molecule has 3 rings (SSSR count). The van der Waals surface area contributed by atoms with Gasteiger partial charge in [0.25, 0.3) is 0 Å². The third kappa shape index (κ3) is 2.02. The average molecular weight is 272 g/mol. The molecule has 1 aliphatic rings. The molecule has 0 aliphatic carbocycles. The smallest absolute Gasteiger partial charge is 0.269 e. The van der Waals surface area contributed by atoms with Crippen molar-refractivity contribution < 1.29 is 8.49 Å². The lowest BCUT2D eigenvalue weighted by Crippen LogP contribution is -2.27. The molecule has 96 valence electrons. The van der Waals surface area contributed by atoms with Crippen LogP contribution in [-0.2, 0) is 15.6 Å². The number of hydrogen-bond acceptors (Lipinski definition) is 3. The number of benzene rings is 2. The monoisotopic (exact) mass is 272 g/mol. The van der Waals surface area contributed by atoms with Gasteiger partial charge in [-0.05, 0) is 11.5 Å². The van der Waals surface area contributed by atoms with Crippen LogP contribution in [0.15, 0.2) is 60.3 Å². The third-order valence-electron chi connectivity index (χ3n) is 2.90. The Morgan fingerprint density at radius 1 is 1.26 bits per heavy atom. The van der Waals surface area contributed by atoms with Gasteiger partial charge in [-0.1, -0.05) is 47.6 Å². The first-order valence-corrected chi connectivity index (χ1v) is 6.89.